The summed E-state index contributed by atoms with van der Waals surface area (Å²) in [6.45, 7) is 6.09. The Kier molecular flexibility index (Phi) is 7.11. The monoisotopic (exact) mass is 295 g/mol. The number of nitrogens with zero attached hydrogens (tertiary/aromatic N) is 2. The second kappa shape index (κ2) is 8.59. The molecule has 118 valence electrons. The number of hydrogen-bond donors (Lipinski definition) is 1. The van der Waals surface area contributed by atoms with E-state index in [1.165, 1.54) is 0 Å². The van der Waals surface area contributed by atoms with Gasteiger partial charge in [-0.3, -0.25) is 15.0 Å². The summed E-state index contributed by atoms with van der Waals surface area (Å²) in [5.41, 5.74) is 1.69. The summed E-state index contributed by atoms with van der Waals surface area (Å²) >= 11 is 0. The van der Waals surface area contributed by atoms with Gasteiger partial charge in [-0.05, 0) is 26.0 Å². The smallest absolute Gasteiger partial charge is 0.292 e. The van der Waals surface area contributed by atoms with Crippen LogP contribution in [-0.2, 0) is 11.3 Å². The molecule has 1 N–H and O–H groups in total. The van der Waals surface area contributed by atoms with Gasteiger partial charge in [-0.2, -0.15) is 0 Å². The van der Waals surface area contributed by atoms with E-state index in [0.717, 1.165) is 18.5 Å². The fourth-order valence-corrected chi connectivity index (χ4v) is 2.12. The van der Waals surface area contributed by atoms with Gasteiger partial charge in [0.25, 0.3) is 5.69 Å². The Labute approximate surface area is 126 Å². The second-order valence-corrected chi connectivity index (χ2v) is 5.21. The zero-order chi connectivity index (χ0) is 15.8. The van der Waals surface area contributed by atoms with Crippen molar-refractivity contribution >= 4 is 11.4 Å². The van der Waals surface area contributed by atoms with Crippen molar-refractivity contribution in [1.29, 1.82) is 0 Å². The highest BCUT2D eigenvalue weighted by Crippen LogP contribution is 2.29. The minimum Gasteiger partial charge on any atom is -0.383 e. The summed E-state index contributed by atoms with van der Waals surface area (Å²) in [6.07, 6.45) is 0.918. The summed E-state index contributed by atoms with van der Waals surface area (Å²) in [7, 11) is 3.66. The largest absolute Gasteiger partial charge is 0.383 e. The van der Waals surface area contributed by atoms with E-state index in [0.29, 0.717) is 18.8 Å². The maximum absolute atomic E-state index is 11.2. The van der Waals surface area contributed by atoms with E-state index in [4.69, 9.17) is 4.74 Å². The molecule has 0 saturated heterocycles. The number of rotatable bonds is 9. The van der Waals surface area contributed by atoms with Crippen LogP contribution in [0, 0.1) is 10.1 Å². The number of methoxy groups -OCH3 is 1. The Bertz CT molecular complexity index is 465. The van der Waals surface area contributed by atoms with E-state index >= 15 is 0 Å². The van der Waals surface area contributed by atoms with Crippen molar-refractivity contribution in [2.45, 2.75) is 32.9 Å². The SMILES string of the molecule is CCCNc1c(CN(C)C(C)COC)cccc1[N+](=O)[O-]. The lowest BCUT2D eigenvalue weighted by Crippen LogP contribution is -2.32. The van der Waals surface area contributed by atoms with Gasteiger partial charge in [0.15, 0.2) is 0 Å². The maximum Gasteiger partial charge on any atom is 0.292 e. The summed E-state index contributed by atoms with van der Waals surface area (Å²) in [5.74, 6) is 0. The number of ether oxygens (including phenoxy) is 1. The number of likely N-dealkylation sites (N-methyl/N-ethyl adjacent to an activating group) is 1. The van der Waals surface area contributed by atoms with Gasteiger partial charge in [-0.15, -0.1) is 0 Å². The van der Waals surface area contributed by atoms with Crippen LogP contribution in [-0.4, -0.2) is 43.2 Å². The van der Waals surface area contributed by atoms with Crippen LogP contribution in [0.25, 0.3) is 0 Å². The molecule has 0 amide bonds. The molecule has 0 fully saturated rings. The molecule has 0 aliphatic heterocycles. The number of nitro benzene ring substituents is 1. The van der Waals surface area contributed by atoms with Gasteiger partial charge in [0.1, 0.15) is 5.69 Å². The standard InChI is InChI=1S/C15H25N3O3/c1-5-9-16-15-13(7-6-8-14(15)18(19)20)10-17(3)12(2)11-21-4/h6-8,12,16H,5,9-11H2,1-4H3. The third-order valence-electron chi connectivity index (χ3n) is 3.46. The molecule has 6 nitrogen and oxygen atoms in total. The minimum absolute atomic E-state index is 0.133. The lowest BCUT2D eigenvalue weighted by atomic mass is 10.1. The van der Waals surface area contributed by atoms with Crippen molar-refractivity contribution in [3.63, 3.8) is 0 Å². The Morgan fingerprint density at radius 1 is 1.48 bits per heavy atom. The molecule has 1 unspecified atom stereocenters. The normalized spacial score (nSPS) is 12.4. The molecule has 0 aliphatic carbocycles. The Morgan fingerprint density at radius 3 is 2.76 bits per heavy atom. The average Bonchev–Trinajstić information content (AvgIpc) is 2.45. The van der Waals surface area contributed by atoms with Gasteiger partial charge in [0.05, 0.1) is 11.5 Å². The van der Waals surface area contributed by atoms with Gasteiger partial charge in [-0.1, -0.05) is 19.1 Å². The number of nitrogens with one attached hydrogen (secondary N) is 1. The number of hydrogen-bond acceptors (Lipinski definition) is 5. The van der Waals surface area contributed by atoms with E-state index in [1.54, 1.807) is 19.2 Å². The molecular formula is C15H25N3O3. The fraction of sp³-hybridized carbons (Fsp3) is 0.600. The van der Waals surface area contributed by atoms with Crippen LogP contribution in [0.4, 0.5) is 11.4 Å². The Hall–Kier alpha value is -1.66. The number of para-hydroxylation sites is 1. The topological polar surface area (TPSA) is 67.6 Å². The molecule has 6 heteroatoms. The Morgan fingerprint density at radius 2 is 2.19 bits per heavy atom. The number of nitro groups is 1. The van der Waals surface area contributed by atoms with E-state index in [9.17, 15) is 10.1 Å². The first-order chi connectivity index (χ1) is 10.0. The predicted molar refractivity (Wildman–Crippen MR) is 84.7 cm³/mol. The van der Waals surface area contributed by atoms with Crippen LogP contribution >= 0.6 is 0 Å². The highest BCUT2D eigenvalue weighted by molar-refractivity contribution is 5.66. The van der Waals surface area contributed by atoms with Crippen molar-refractivity contribution in [1.82, 2.24) is 4.90 Å². The van der Waals surface area contributed by atoms with Crippen molar-refractivity contribution in [2.75, 3.05) is 32.6 Å². The van der Waals surface area contributed by atoms with Crippen LogP contribution in [0.2, 0.25) is 0 Å². The van der Waals surface area contributed by atoms with Crippen LogP contribution < -0.4 is 5.32 Å². The van der Waals surface area contributed by atoms with Crippen LogP contribution in [0.15, 0.2) is 18.2 Å². The Balaban J connectivity index is 2.99. The molecule has 0 aliphatic rings. The summed E-state index contributed by atoms with van der Waals surface area (Å²) in [4.78, 5) is 13.0. The summed E-state index contributed by atoms with van der Waals surface area (Å²) in [6, 6.07) is 5.45. The lowest BCUT2D eigenvalue weighted by molar-refractivity contribution is -0.384. The molecule has 1 aromatic rings. The molecule has 0 aromatic heterocycles. The second-order valence-electron chi connectivity index (χ2n) is 5.21. The first-order valence-electron chi connectivity index (χ1n) is 7.20. The molecule has 0 saturated carbocycles. The quantitative estimate of drug-likeness (QED) is 0.560. The van der Waals surface area contributed by atoms with Crippen molar-refractivity contribution in [3.8, 4) is 0 Å². The third-order valence-corrected chi connectivity index (χ3v) is 3.46. The molecule has 0 bridgehead atoms. The molecule has 0 spiro atoms. The first kappa shape index (κ1) is 17.4. The highest BCUT2D eigenvalue weighted by Gasteiger charge is 2.19. The molecule has 1 rings (SSSR count). The average molecular weight is 295 g/mol. The molecule has 0 heterocycles. The van der Waals surface area contributed by atoms with Crippen LogP contribution in [0.3, 0.4) is 0 Å². The van der Waals surface area contributed by atoms with Crippen molar-refractivity contribution in [3.05, 3.63) is 33.9 Å². The third kappa shape index (κ3) is 4.99. The highest BCUT2D eigenvalue weighted by atomic mass is 16.6. The fourth-order valence-electron chi connectivity index (χ4n) is 2.12. The molecular weight excluding hydrogens is 270 g/mol. The minimum atomic E-state index is -0.333. The number of benzene rings is 1. The van der Waals surface area contributed by atoms with E-state index in [-0.39, 0.29) is 16.7 Å². The van der Waals surface area contributed by atoms with Gasteiger partial charge < -0.3 is 10.1 Å². The molecule has 1 aromatic carbocycles. The first-order valence-corrected chi connectivity index (χ1v) is 7.20. The van der Waals surface area contributed by atoms with Gasteiger partial charge in [0, 0.05) is 32.3 Å². The zero-order valence-electron chi connectivity index (χ0n) is 13.3. The van der Waals surface area contributed by atoms with Gasteiger partial charge in [-0.25, -0.2) is 0 Å². The van der Waals surface area contributed by atoms with Gasteiger partial charge >= 0.3 is 0 Å². The van der Waals surface area contributed by atoms with Crippen LogP contribution in [0.5, 0.6) is 0 Å². The maximum atomic E-state index is 11.2. The number of anilines is 1. The molecule has 21 heavy (non-hydrogen) atoms. The molecule has 0 radical (unpaired) electrons. The van der Waals surface area contributed by atoms with Gasteiger partial charge in [0.2, 0.25) is 0 Å². The summed E-state index contributed by atoms with van der Waals surface area (Å²) < 4.78 is 5.15. The zero-order valence-corrected chi connectivity index (χ0v) is 13.3. The van der Waals surface area contributed by atoms with Crippen molar-refractivity contribution < 1.29 is 9.66 Å². The lowest BCUT2D eigenvalue weighted by Gasteiger charge is -2.25. The van der Waals surface area contributed by atoms with E-state index < -0.39 is 0 Å². The summed E-state index contributed by atoms with van der Waals surface area (Å²) in [5, 5.41) is 14.4. The van der Waals surface area contributed by atoms with E-state index in [2.05, 4.69) is 17.1 Å². The van der Waals surface area contributed by atoms with Crippen molar-refractivity contribution in [2.24, 2.45) is 0 Å². The molecule has 1 atom stereocenters. The van der Waals surface area contributed by atoms with Crippen LogP contribution in [0.1, 0.15) is 25.8 Å². The van der Waals surface area contributed by atoms with E-state index in [1.807, 2.05) is 20.0 Å². The predicted octanol–water partition coefficient (Wildman–Crippen LogP) is 2.88.